The first kappa shape index (κ1) is 14.7. The van der Waals surface area contributed by atoms with Crippen LogP contribution < -0.4 is 15.5 Å². The molecule has 1 amide bonds. The van der Waals surface area contributed by atoms with Gasteiger partial charge in [0.1, 0.15) is 5.82 Å². The summed E-state index contributed by atoms with van der Waals surface area (Å²) in [6.45, 7) is 3.86. The Kier molecular flexibility index (Phi) is 4.50. The molecule has 6 nitrogen and oxygen atoms in total. The number of carbonyl (C=O) groups excluding carboxylic acids is 1. The fraction of sp³-hybridized carbons (Fsp3) is 0.267. The lowest BCUT2D eigenvalue weighted by Gasteiger charge is -2.29. The van der Waals surface area contributed by atoms with Gasteiger partial charge in [0.15, 0.2) is 0 Å². The standard InChI is InChI=1S/C15H16ClN5O/c16-13-10-18-4-3-12(13)15(22)20-14-2-1-11(9-19-14)21-7-5-17-6-8-21/h1-4,9-10,17H,5-8H2,(H,19,20,22). The summed E-state index contributed by atoms with van der Waals surface area (Å²) in [5, 5.41) is 6.36. The number of nitrogens with zero attached hydrogens (tertiary/aromatic N) is 3. The van der Waals surface area contributed by atoms with Gasteiger partial charge in [-0.1, -0.05) is 11.6 Å². The van der Waals surface area contributed by atoms with E-state index in [0.717, 1.165) is 31.9 Å². The number of halogens is 1. The molecule has 0 unspecified atom stereocenters. The Balaban J connectivity index is 1.68. The zero-order valence-corrected chi connectivity index (χ0v) is 12.7. The fourth-order valence-electron chi connectivity index (χ4n) is 2.31. The minimum atomic E-state index is -0.296. The van der Waals surface area contributed by atoms with Crippen LogP contribution in [0.2, 0.25) is 5.02 Å². The highest BCUT2D eigenvalue weighted by Crippen LogP contribution is 2.18. The molecular weight excluding hydrogens is 302 g/mol. The second kappa shape index (κ2) is 6.72. The summed E-state index contributed by atoms with van der Waals surface area (Å²) in [5.74, 6) is 0.201. The second-order valence-corrected chi connectivity index (χ2v) is 5.36. The molecule has 22 heavy (non-hydrogen) atoms. The van der Waals surface area contributed by atoms with Crippen molar-refractivity contribution in [3.63, 3.8) is 0 Å². The summed E-state index contributed by atoms with van der Waals surface area (Å²) < 4.78 is 0. The highest BCUT2D eigenvalue weighted by atomic mass is 35.5. The van der Waals surface area contributed by atoms with Gasteiger partial charge in [-0.15, -0.1) is 0 Å². The minimum absolute atomic E-state index is 0.296. The monoisotopic (exact) mass is 317 g/mol. The molecule has 1 fully saturated rings. The van der Waals surface area contributed by atoms with Gasteiger partial charge in [0, 0.05) is 38.6 Å². The quantitative estimate of drug-likeness (QED) is 0.903. The van der Waals surface area contributed by atoms with E-state index in [1.807, 2.05) is 6.07 Å². The topological polar surface area (TPSA) is 70.2 Å². The molecule has 1 aliphatic heterocycles. The molecule has 0 radical (unpaired) electrons. The van der Waals surface area contributed by atoms with E-state index in [0.29, 0.717) is 16.4 Å². The van der Waals surface area contributed by atoms with Crippen molar-refractivity contribution in [1.82, 2.24) is 15.3 Å². The molecule has 2 N–H and O–H groups in total. The number of amides is 1. The molecule has 0 aromatic carbocycles. The first-order valence-corrected chi connectivity index (χ1v) is 7.44. The Labute approximate surface area is 133 Å². The largest absolute Gasteiger partial charge is 0.368 e. The molecule has 7 heteroatoms. The average molecular weight is 318 g/mol. The van der Waals surface area contributed by atoms with Crippen LogP contribution in [0.5, 0.6) is 0 Å². The minimum Gasteiger partial charge on any atom is -0.368 e. The molecule has 3 heterocycles. The van der Waals surface area contributed by atoms with Gasteiger partial charge in [-0.25, -0.2) is 4.98 Å². The third-order valence-corrected chi connectivity index (χ3v) is 3.79. The first-order chi connectivity index (χ1) is 10.7. The SMILES string of the molecule is O=C(Nc1ccc(N2CCNCC2)cn1)c1ccncc1Cl. The maximum atomic E-state index is 12.1. The molecular formula is C15H16ClN5O. The summed E-state index contributed by atoms with van der Waals surface area (Å²) in [4.78, 5) is 22.6. The second-order valence-electron chi connectivity index (χ2n) is 4.95. The summed E-state index contributed by atoms with van der Waals surface area (Å²) in [7, 11) is 0. The van der Waals surface area contributed by atoms with Gasteiger partial charge in [0.2, 0.25) is 0 Å². The van der Waals surface area contributed by atoms with E-state index in [2.05, 4.69) is 25.5 Å². The maximum absolute atomic E-state index is 12.1. The van der Waals surface area contributed by atoms with Crippen molar-refractivity contribution in [1.29, 1.82) is 0 Å². The molecule has 3 rings (SSSR count). The number of pyridine rings is 2. The number of anilines is 2. The zero-order valence-electron chi connectivity index (χ0n) is 11.9. The number of rotatable bonds is 3. The van der Waals surface area contributed by atoms with Gasteiger partial charge in [0.25, 0.3) is 5.91 Å². The molecule has 0 spiro atoms. The van der Waals surface area contributed by atoms with Gasteiger partial charge in [-0.2, -0.15) is 0 Å². The zero-order chi connectivity index (χ0) is 15.4. The number of hydrogen-bond acceptors (Lipinski definition) is 5. The van der Waals surface area contributed by atoms with E-state index in [1.54, 1.807) is 18.3 Å². The van der Waals surface area contributed by atoms with Crippen LogP contribution in [0.15, 0.2) is 36.8 Å². The third-order valence-electron chi connectivity index (χ3n) is 3.49. The first-order valence-electron chi connectivity index (χ1n) is 7.06. The summed E-state index contributed by atoms with van der Waals surface area (Å²) in [5.41, 5.74) is 1.44. The van der Waals surface area contributed by atoms with Crippen LogP contribution in [-0.2, 0) is 0 Å². The van der Waals surface area contributed by atoms with Gasteiger partial charge >= 0.3 is 0 Å². The summed E-state index contributed by atoms with van der Waals surface area (Å²) >= 11 is 5.96. The lowest BCUT2D eigenvalue weighted by Crippen LogP contribution is -2.43. The molecule has 0 atom stereocenters. The van der Waals surface area contributed by atoms with Crippen LogP contribution in [0, 0.1) is 0 Å². The molecule has 2 aromatic heterocycles. The fourth-order valence-corrected chi connectivity index (χ4v) is 2.52. The van der Waals surface area contributed by atoms with Crippen LogP contribution in [0.25, 0.3) is 0 Å². The molecule has 0 bridgehead atoms. The highest BCUT2D eigenvalue weighted by molar-refractivity contribution is 6.34. The van der Waals surface area contributed by atoms with Crippen molar-refractivity contribution in [2.75, 3.05) is 36.4 Å². The van der Waals surface area contributed by atoms with Crippen LogP contribution in [0.4, 0.5) is 11.5 Å². The van der Waals surface area contributed by atoms with Crippen molar-refractivity contribution in [3.8, 4) is 0 Å². The highest BCUT2D eigenvalue weighted by Gasteiger charge is 2.13. The molecule has 2 aromatic rings. The van der Waals surface area contributed by atoms with Crippen LogP contribution in [-0.4, -0.2) is 42.1 Å². The van der Waals surface area contributed by atoms with Gasteiger partial charge in [-0.3, -0.25) is 9.78 Å². The molecule has 1 aliphatic rings. The average Bonchev–Trinajstić information content (AvgIpc) is 2.57. The number of carbonyl (C=O) groups is 1. The Bertz CT molecular complexity index is 655. The molecule has 1 saturated heterocycles. The van der Waals surface area contributed by atoms with E-state index >= 15 is 0 Å². The van der Waals surface area contributed by atoms with Gasteiger partial charge in [0.05, 0.1) is 22.5 Å². The van der Waals surface area contributed by atoms with Gasteiger partial charge < -0.3 is 15.5 Å². The maximum Gasteiger partial charge on any atom is 0.258 e. The van der Waals surface area contributed by atoms with Crippen LogP contribution in [0.3, 0.4) is 0 Å². The van der Waals surface area contributed by atoms with Crippen LogP contribution in [0.1, 0.15) is 10.4 Å². The number of nitrogens with one attached hydrogen (secondary N) is 2. The predicted octanol–water partition coefficient (Wildman–Crippen LogP) is 1.79. The Morgan fingerprint density at radius 2 is 2.05 bits per heavy atom. The summed E-state index contributed by atoms with van der Waals surface area (Å²) in [6, 6.07) is 5.33. The number of piperazine rings is 1. The molecule has 114 valence electrons. The van der Waals surface area contributed by atoms with E-state index in [4.69, 9.17) is 11.6 Å². The van der Waals surface area contributed by atoms with E-state index < -0.39 is 0 Å². The van der Waals surface area contributed by atoms with Crippen molar-refractivity contribution in [3.05, 3.63) is 47.4 Å². The molecule has 0 saturated carbocycles. The van der Waals surface area contributed by atoms with E-state index in [9.17, 15) is 4.79 Å². The van der Waals surface area contributed by atoms with Crippen molar-refractivity contribution >= 4 is 29.0 Å². The lowest BCUT2D eigenvalue weighted by molar-refractivity contribution is 0.102. The summed E-state index contributed by atoms with van der Waals surface area (Å²) in [6.07, 6.45) is 4.74. The predicted molar refractivity (Wildman–Crippen MR) is 86.5 cm³/mol. The lowest BCUT2D eigenvalue weighted by atomic mass is 10.2. The van der Waals surface area contributed by atoms with E-state index in [1.165, 1.54) is 12.4 Å². The van der Waals surface area contributed by atoms with Crippen molar-refractivity contribution in [2.45, 2.75) is 0 Å². The number of aromatic nitrogens is 2. The Hall–Kier alpha value is -2.18. The van der Waals surface area contributed by atoms with Crippen molar-refractivity contribution < 1.29 is 4.79 Å². The van der Waals surface area contributed by atoms with Crippen LogP contribution >= 0.6 is 11.6 Å². The van der Waals surface area contributed by atoms with E-state index in [-0.39, 0.29) is 5.91 Å². The smallest absolute Gasteiger partial charge is 0.258 e. The Morgan fingerprint density at radius 3 is 2.73 bits per heavy atom. The third kappa shape index (κ3) is 3.35. The van der Waals surface area contributed by atoms with Crippen molar-refractivity contribution in [2.24, 2.45) is 0 Å². The van der Waals surface area contributed by atoms with Gasteiger partial charge in [-0.05, 0) is 18.2 Å². The normalized spacial score (nSPS) is 14.7. The molecule has 0 aliphatic carbocycles. The Morgan fingerprint density at radius 1 is 1.23 bits per heavy atom. The number of hydrogen-bond donors (Lipinski definition) is 2.